The first-order valence-corrected chi connectivity index (χ1v) is 4.12. The van der Waals surface area contributed by atoms with Crippen molar-refractivity contribution >= 4 is 28.6 Å². The third-order valence-electron chi connectivity index (χ3n) is 2.10. The van der Waals surface area contributed by atoms with Gasteiger partial charge in [0.25, 0.3) is 0 Å². The SMILES string of the molecule is Cn1nc(N)c2cc(C(=O)O)c(N)nc21. The minimum atomic E-state index is -1.13. The fraction of sp³-hybridized carbons (Fsp3) is 0.125. The molecule has 0 unspecified atom stereocenters. The maximum atomic E-state index is 10.8. The van der Waals surface area contributed by atoms with E-state index in [-0.39, 0.29) is 17.2 Å². The van der Waals surface area contributed by atoms with E-state index in [0.29, 0.717) is 11.0 Å². The maximum absolute atomic E-state index is 10.8. The predicted octanol–water partition coefficient (Wildman–Crippen LogP) is -0.169. The molecule has 0 spiro atoms. The van der Waals surface area contributed by atoms with Crippen molar-refractivity contribution in [3.8, 4) is 0 Å². The van der Waals surface area contributed by atoms with Gasteiger partial charge in [0.15, 0.2) is 11.5 Å². The molecule has 78 valence electrons. The van der Waals surface area contributed by atoms with Gasteiger partial charge in [0.1, 0.15) is 11.4 Å². The van der Waals surface area contributed by atoms with Crippen LogP contribution in [0.5, 0.6) is 0 Å². The first kappa shape index (κ1) is 9.25. The summed E-state index contributed by atoms with van der Waals surface area (Å²) in [5, 5.41) is 13.2. The first-order valence-electron chi connectivity index (χ1n) is 4.12. The quantitative estimate of drug-likeness (QED) is 0.597. The Morgan fingerprint density at radius 3 is 2.73 bits per heavy atom. The van der Waals surface area contributed by atoms with Gasteiger partial charge in [-0.15, -0.1) is 0 Å². The Hall–Kier alpha value is -2.31. The summed E-state index contributed by atoms with van der Waals surface area (Å²) in [4.78, 5) is 14.7. The highest BCUT2D eigenvalue weighted by molar-refractivity contribution is 5.99. The molecule has 2 aromatic heterocycles. The lowest BCUT2D eigenvalue weighted by Gasteiger charge is -2.00. The lowest BCUT2D eigenvalue weighted by atomic mass is 10.2. The van der Waals surface area contributed by atoms with Crippen molar-refractivity contribution in [1.29, 1.82) is 0 Å². The van der Waals surface area contributed by atoms with Gasteiger partial charge in [-0.1, -0.05) is 0 Å². The lowest BCUT2D eigenvalue weighted by molar-refractivity contribution is 0.0698. The van der Waals surface area contributed by atoms with E-state index >= 15 is 0 Å². The maximum Gasteiger partial charge on any atom is 0.339 e. The Labute approximate surface area is 84.3 Å². The van der Waals surface area contributed by atoms with Crippen LogP contribution in [0.3, 0.4) is 0 Å². The zero-order chi connectivity index (χ0) is 11.2. The van der Waals surface area contributed by atoms with E-state index in [4.69, 9.17) is 16.6 Å². The summed E-state index contributed by atoms with van der Waals surface area (Å²) in [6.07, 6.45) is 0. The second-order valence-corrected chi connectivity index (χ2v) is 3.11. The molecule has 0 aliphatic rings. The van der Waals surface area contributed by atoms with Gasteiger partial charge >= 0.3 is 5.97 Å². The average Bonchev–Trinajstić information content (AvgIpc) is 2.41. The molecule has 0 bridgehead atoms. The molecule has 2 heterocycles. The highest BCUT2D eigenvalue weighted by Gasteiger charge is 2.15. The predicted molar refractivity (Wildman–Crippen MR) is 54.3 cm³/mol. The topological polar surface area (TPSA) is 120 Å². The monoisotopic (exact) mass is 207 g/mol. The number of carboxylic acids is 1. The van der Waals surface area contributed by atoms with Gasteiger partial charge in [0.05, 0.1) is 5.39 Å². The van der Waals surface area contributed by atoms with Crippen LogP contribution in [0.25, 0.3) is 11.0 Å². The second-order valence-electron chi connectivity index (χ2n) is 3.11. The number of nitrogen functional groups attached to an aromatic ring is 2. The number of aryl methyl sites for hydroxylation is 1. The van der Waals surface area contributed by atoms with Crippen molar-refractivity contribution in [1.82, 2.24) is 14.8 Å². The van der Waals surface area contributed by atoms with Crippen LogP contribution in [0.1, 0.15) is 10.4 Å². The van der Waals surface area contributed by atoms with E-state index in [2.05, 4.69) is 10.1 Å². The fourth-order valence-corrected chi connectivity index (χ4v) is 1.39. The van der Waals surface area contributed by atoms with Crippen LogP contribution in [0.4, 0.5) is 11.6 Å². The van der Waals surface area contributed by atoms with Crippen molar-refractivity contribution in [3.05, 3.63) is 11.6 Å². The zero-order valence-corrected chi connectivity index (χ0v) is 7.93. The Morgan fingerprint density at radius 1 is 1.47 bits per heavy atom. The third-order valence-corrected chi connectivity index (χ3v) is 2.10. The summed E-state index contributed by atoms with van der Waals surface area (Å²) in [5.41, 5.74) is 11.5. The number of aromatic nitrogens is 3. The number of aromatic carboxylic acids is 1. The van der Waals surface area contributed by atoms with Crippen LogP contribution in [-0.4, -0.2) is 25.8 Å². The molecule has 2 rings (SSSR count). The number of pyridine rings is 1. The number of hydrogen-bond acceptors (Lipinski definition) is 5. The largest absolute Gasteiger partial charge is 0.478 e. The molecular weight excluding hydrogens is 198 g/mol. The molecule has 15 heavy (non-hydrogen) atoms. The lowest BCUT2D eigenvalue weighted by Crippen LogP contribution is -2.05. The molecule has 0 atom stereocenters. The van der Waals surface area contributed by atoms with Gasteiger partial charge in [-0.25, -0.2) is 14.5 Å². The van der Waals surface area contributed by atoms with Gasteiger partial charge in [0, 0.05) is 7.05 Å². The minimum absolute atomic E-state index is 0.0435. The van der Waals surface area contributed by atoms with Crippen LogP contribution in [0.15, 0.2) is 6.07 Å². The number of hydrogen-bond donors (Lipinski definition) is 3. The standard InChI is InChI=1S/C8H9N5O2/c1-13-7-3(6(10)12-13)2-4(8(14)15)5(9)11-7/h2H,1H3,(H2,9,11)(H2,10,12)(H,14,15). The smallest absolute Gasteiger partial charge is 0.339 e. The number of rotatable bonds is 1. The summed E-state index contributed by atoms with van der Waals surface area (Å²) in [6, 6.07) is 1.38. The molecular formula is C8H9N5O2. The molecule has 0 aliphatic carbocycles. The normalized spacial score (nSPS) is 10.7. The highest BCUT2D eigenvalue weighted by Crippen LogP contribution is 2.22. The van der Waals surface area contributed by atoms with Crippen molar-refractivity contribution in [3.63, 3.8) is 0 Å². The summed E-state index contributed by atoms with van der Waals surface area (Å²) < 4.78 is 1.45. The number of fused-ring (bicyclic) bond motifs is 1. The fourth-order valence-electron chi connectivity index (χ4n) is 1.39. The summed E-state index contributed by atoms with van der Waals surface area (Å²) in [5.74, 6) is -0.939. The third kappa shape index (κ3) is 1.25. The van der Waals surface area contributed by atoms with Crippen molar-refractivity contribution in [2.24, 2.45) is 7.05 Å². The van der Waals surface area contributed by atoms with E-state index < -0.39 is 5.97 Å². The van der Waals surface area contributed by atoms with E-state index in [1.54, 1.807) is 7.05 Å². The van der Waals surface area contributed by atoms with E-state index in [9.17, 15) is 4.79 Å². The molecule has 5 N–H and O–H groups in total. The number of nitrogens with zero attached hydrogens (tertiary/aromatic N) is 3. The van der Waals surface area contributed by atoms with Crippen LogP contribution >= 0.6 is 0 Å². The Bertz CT molecular complexity index is 560. The molecule has 2 aromatic rings. The van der Waals surface area contributed by atoms with Gasteiger partial charge < -0.3 is 16.6 Å². The average molecular weight is 207 g/mol. The zero-order valence-electron chi connectivity index (χ0n) is 7.93. The van der Waals surface area contributed by atoms with Gasteiger partial charge in [-0.05, 0) is 6.07 Å². The van der Waals surface area contributed by atoms with Gasteiger partial charge in [0.2, 0.25) is 0 Å². The molecule has 7 heteroatoms. The van der Waals surface area contributed by atoms with Crippen molar-refractivity contribution in [2.45, 2.75) is 0 Å². The second kappa shape index (κ2) is 2.84. The molecule has 0 aliphatic heterocycles. The molecule has 7 nitrogen and oxygen atoms in total. The Kier molecular flexibility index (Phi) is 1.75. The Morgan fingerprint density at radius 2 is 2.13 bits per heavy atom. The Balaban J connectivity index is 2.85. The number of carboxylic acid groups (broad SMARTS) is 1. The summed E-state index contributed by atoms with van der Waals surface area (Å²) in [6.45, 7) is 0. The van der Waals surface area contributed by atoms with Crippen molar-refractivity contribution in [2.75, 3.05) is 11.5 Å². The summed E-state index contributed by atoms with van der Waals surface area (Å²) in [7, 11) is 1.66. The summed E-state index contributed by atoms with van der Waals surface area (Å²) >= 11 is 0. The highest BCUT2D eigenvalue weighted by atomic mass is 16.4. The van der Waals surface area contributed by atoms with Crippen LogP contribution in [0, 0.1) is 0 Å². The number of carbonyl (C=O) groups is 1. The number of anilines is 2. The molecule has 0 amide bonds. The number of nitrogens with two attached hydrogens (primary N) is 2. The van der Waals surface area contributed by atoms with Gasteiger partial charge in [-0.3, -0.25) is 0 Å². The van der Waals surface area contributed by atoms with Crippen LogP contribution < -0.4 is 11.5 Å². The van der Waals surface area contributed by atoms with Crippen LogP contribution in [-0.2, 0) is 7.05 Å². The minimum Gasteiger partial charge on any atom is -0.478 e. The molecule has 0 radical (unpaired) electrons. The van der Waals surface area contributed by atoms with E-state index in [1.165, 1.54) is 10.7 Å². The van der Waals surface area contributed by atoms with E-state index in [1.807, 2.05) is 0 Å². The molecule has 0 fully saturated rings. The first-order chi connectivity index (χ1) is 7.00. The van der Waals surface area contributed by atoms with Crippen LogP contribution in [0.2, 0.25) is 0 Å². The molecule has 0 aromatic carbocycles. The van der Waals surface area contributed by atoms with E-state index in [0.717, 1.165) is 0 Å². The van der Waals surface area contributed by atoms with Crippen molar-refractivity contribution < 1.29 is 9.90 Å². The molecule has 0 saturated heterocycles. The van der Waals surface area contributed by atoms with Gasteiger partial charge in [-0.2, -0.15) is 5.10 Å². The molecule has 0 saturated carbocycles.